The number of halogens is 1. The number of carbonyl (C=O) groups excluding carboxylic acids is 2. The molecule has 1 aliphatic heterocycles. The van der Waals surface area contributed by atoms with E-state index in [1.165, 1.54) is 25.0 Å². The number of amides is 2. The number of nitrogens with one attached hydrogen (secondary N) is 1. The summed E-state index contributed by atoms with van der Waals surface area (Å²) in [5.74, 6) is -0.116. The lowest BCUT2D eigenvalue weighted by Crippen LogP contribution is -2.58. The molecule has 1 atom stereocenters. The summed E-state index contributed by atoms with van der Waals surface area (Å²) in [5, 5.41) is 2.95. The number of nitrogens with zero attached hydrogens (tertiary/aromatic N) is 2. The van der Waals surface area contributed by atoms with Crippen LogP contribution in [0, 0.1) is 11.7 Å². The fraction of sp³-hybridized carbons (Fsp3) is 0.524. The standard InChI is InChI=1S/C21H28FN3O2/c1-2-10-23-20(26)19(16-6-3-4-7-16)24-11-13-25(14-12-24)21(27)17-8-5-9-18(22)15-17/h2,5,8-9,15-16,19H,1,3-4,6-7,10-14H2,(H,23,26)/t19-/m1/s1. The van der Waals surface area contributed by atoms with Crippen molar-refractivity contribution >= 4 is 11.8 Å². The second-order valence-corrected chi connectivity index (χ2v) is 7.36. The van der Waals surface area contributed by atoms with Crippen LogP contribution in [-0.4, -0.2) is 60.4 Å². The highest BCUT2D eigenvalue weighted by Crippen LogP contribution is 2.31. The lowest BCUT2D eigenvalue weighted by Gasteiger charge is -2.40. The van der Waals surface area contributed by atoms with Gasteiger partial charge in [0.15, 0.2) is 0 Å². The van der Waals surface area contributed by atoms with Crippen molar-refractivity contribution in [2.45, 2.75) is 31.7 Å². The molecule has 5 nitrogen and oxygen atoms in total. The molecule has 2 fully saturated rings. The maximum Gasteiger partial charge on any atom is 0.254 e. The zero-order chi connectivity index (χ0) is 19.2. The molecule has 1 saturated heterocycles. The fourth-order valence-electron chi connectivity index (χ4n) is 4.24. The SMILES string of the molecule is C=CCNC(=O)[C@@H](C1CCCC1)N1CCN(C(=O)c2cccc(F)c2)CC1. The molecule has 1 aromatic carbocycles. The number of rotatable bonds is 6. The topological polar surface area (TPSA) is 52.7 Å². The highest BCUT2D eigenvalue weighted by Gasteiger charge is 2.37. The van der Waals surface area contributed by atoms with E-state index in [9.17, 15) is 14.0 Å². The minimum Gasteiger partial charge on any atom is -0.351 e. The van der Waals surface area contributed by atoms with Crippen LogP contribution in [0.2, 0.25) is 0 Å². The Morgan fingerprint density at radius 3 is 2.56 bits per heavy atom. The van der Waals surface area contributed by atoms with Gasteiger partial charge < -0.3 is 10.2 Å². The van der Waals surface area contributed by atoms with E-state index in [2.05, 4.69) is 16.8 Å². The molecular weight excluding hydrogens is 345 g/mol. The molecular formula is C21H28FN3O2. The number of hydrogen-bond acceptors (Lipinski definition) is 3. The van der Waals surface area contributed by atoms with Crippen LogP contribution in [0.15, 0.2) is 36.9 Å². The Morgan fingerprint density at radius 2 is 1.93 bits per heavy atom. The predicted octanol–water partition coefficient (Wildman–Crippen LogP) is 2.44. The lowest BCUT2D eigenvalue weighted by molar-refractivity contribution is -0.129. The number of carbonyl (C=O) groups is 2. The van der Waals surface area contributed by atoms with Gasteiger partial charge in [0.25, 0.3) is 5.91 Å². The van der Waals surface area contributed by atoms with E-state index in [0.717, 1.165) is 12.8 Å². The summed E-state index contributed by atoms with van der Waals surface area (Å²) in [4.78, 5) is 29.3. The van der Waals surface area contributed by atoms with Gasteiger partial charge in [-0.2, -0.15) is 0 Å². The molecule has 1 aromatic rings. The third kappa shape index (κ3) is 4.75. The van der Waals surface area contributed by atoms with Crippen LogP contribution in [0.4, 0.5) is 4.39 Å². The van der Waals surface area contributed by atoms with Gasteiger partial charge in [0, 0.05) is 38.3 Å². The first kappa shape index (κ1) is 19.5. The average Bonchev–Trinajstić information content (AvgIpc) is 3.21. The van der Waals surface area contributed by atoms with Crippen molar-refractivity contribution in [1.29, 1.82) is 0 Å². The van der Waals surface area contributed by atoms with E-state index < -0.39 is 5.82 Å². The van der Waals surface area contributed by atoms with Gasteiger partial charge in [-0.3, -0.25) is 14.5 Å². The summed E-state index contributed by atoms with van der Waals surface area (Å²) in [5.41, 5.74) is 0.375. The van der Waals surface area contributed by atoms with E-state index in [4.69, 9.17) is 0 Å². The van der Waals surface area contributed by atoms with Crippen LogP contribution in [0.5, 0.6) is 0 Å². The Kier molecular flexibility index (Phi) is 6.61. The Balaban J connectivity index is 1.63. The van der Waals surface area contributed by atoms with E-state index in [1.807, 2.05) is 0 Å². The number of piperazine rings is 1. The van der Waals surface area contributed by atoms with Gasteiger partial charge in [-0.05, 0) is 37.0 Å². The third-order valence-corrected chi connectivity index (χ3v) is 5.60. The van der Waals surface area contributed by atoms with Crippen molar-refractivity contribution < 1.29 is 14.0 Å². The first-order chi connectivity index (χ1) is 13.1. The quantitative estimate of drug-likeness (QED) is 0.780. The van der Waals surface area contributed by atoms with Crippen molar-refractivity contribution in [2.75, 3.05) is 32.7 Å². The van der Waals surface area contributed by atoms with Crippen LogP contribution in [-0.2, 0) is 4.79 Å². The van der Waals surface area contributed by atoms with Gasteiger partial charge in [-0.25, -0.2) is 4.39 Å². The highest BCUT2D eigenvalue weighted by molar-refractivity contribution is 5.94. The zero-order valence-corrected chi connectivity index (χ0v) is 15.7. The predicted molar refractivity (Wildman–Crippen MR) is 103 cm³/mol. The van der Waals surface area contributed by atoms with Gasteiger partial charge in [-0.1, -0.05) is 25.0 Å². The Bertz CT molecular complexity index is 680. The van der Waals surface area contributed by atoms with Crippen LogP contribution in [0.25, 0.3) is 0 Å². The van der Waals surface area contributed by atoms with E-state index in [1.54, 1.807) is 23.1 Å². The molecule has 1 N–H and O–H groups in total. The molecule has 0 radical (unpaired) electrons. The number of benzene rings is 1. The van der Waals surface area contributed by atoms with Crippen LogP contribution < -0.4 is 5.32 Å². The first-order valence-electron chi connectivity index (χ1n) is 9.77. The van der Waals surface area contributed by atoms with E-state index >= 15 is 0 Å². The van der Waals surface area contributed by atoms with Gasteiger partial charge >= 0.3 is 0 Å². The maximum absolute atomic E-state index is 13.4. The van der Waals surface area contributed by atoms with E-state index in [-0.39, 0.29) is 17.9 Å². The summed E-state index contributed by atoms with van der Waals surface area (Å²) in [7, 11) is 0. The summed E-state index contributed by atoms with van der Waals surface area (Å²) in [6.45, 7) is 6.55. The molecule has 0 bridgehead atoms. The van der Waals surface area contributed by atoms with Crippen LogP contribution >= 0.6 is 0 Å². The second-order valence-electron chi connectivity index (χ2n) is 7.36. The summed E-state index contributed by atoms with van der Waals surface area (Å²) in [6, 6.07) is 5.67. The molecule has 0 spiro atoms. The second kappa shape index (κ2) is 9.13. The third-order valence-electron chi connectivity index (χ3n) is 5.60. The van der Waals surface area contributed by atoms with Crippen molar-refractivity contribution in [3.63, 3.8) is 0 Å². The molecule has 3 rings (SSSR count). The van der Waals surface area contributed by atoms with Gasteiger partial charge in [0.05, 0.1) is 6.04 Å². The molecule has 2 aliphatic rings. The Labute approximate surface area is 160 Å². The van der Waals surface area contributed by atoms with Gasteiger partial charge in [0.2, 0.25) is 5.91 Å². The van der Waals surface area contributed by atoms with E-state index in [0.29, 0.717) is 44.2 Å². The molecule has 6 heteroatoms. The molecule has 27 heavy (non-hydrogen) atoms. The number of hydrogen-bond donors (Lipinski definition) is 1. The molecule has 0 unspecified atom stereocenters. The highest BCUT2D eigenvalue weighted by atomic mass is 19.1. The normalized spacial score (nSPS) is 19.7. The largest absolute Gasteiger partial charge is 0.351 e. The average molecular weight is 373 g/mol. The molecule has 2 amide bonds. The molecule has 0 aromatic heterocycles. The first-order valence-corrected chi connectivity index (χ1v) is 9.77. The summed E-state index contributed by atoms with van der Waals surface area (Å²) >= 11 is 0. The van der Waals surface area contributed by atoms with Crippen LogP contribution in [0.1, 0.15) is 36.0 Å². The Hall–Kier alpha value is -2.21. The Morgan fingerprint density at radius 1 is 1.22 bits per heavy atom. The van der Waals surface area contributed by atoms with Crippen molar-refractivity contribution in [2.24, 2.45) is 5.92 Å². The van der Waals surface area contributed by atoms with Gasteiger partial charge in [0.1, 0.15) is 5.82 Å². The molecule has 1 aliphatic carbocycles. The van der Waals surface area contributed by atoms with Crippen molar-refractivity contribution in [1.82, 2.24) is 15.1 Å². The lowest BCUT2D eigenvalue weighted by atomic mass is 9.95. The van der Waals surface area contributed by atoms with Crippen molar-refractivity contribution in [3.05, 3.63) is 48.3 Å². The maximum atomic E-state index is 13.4. The van der Waals surface area contributed by atoms with Crippen molar-refractivity contribution in [3.8, 4) is 0 Å². The van der Waals surface area contributed by atoms with Crippen LogP contribution in [0.3, 0.4) is 0 Å². The molecule has 1 heterocycles. The zero-order valence-electron chi connectivity index (χ0n) is 15.7. The fourth-order valence-corrected chi connectivity index (χ4v) is 4.24. The monoisotopic (exact) mass is 373 g/mol. The smallest absolute Gasteiger partial charge is 0.254 e. The molecule has 146 valence electrons. The summed E-state index contributed by atoms with van der Waals surface area (Å²) < 4.78 is 13.4. The van der Waals surface area contributed by atoms with Gasteiger partial charge in [-0.15, -0.1) is 6.58 Å². The molecule has 1 saturated carbocycles. The summed E-state index contributed by atoms with van der Waals surface area (Å²) in [6.07, 6.45) is 6.20. The minimum absolute atomic E-state index is 0.0618. The minimum atomic E-state index is -0.403.